The maximum absolute atomic E-state index is 5.61. The number of rotatable bonds is 6. The Morgan fingerprint density at radius 1 is 1.30 bits per heavy atom. The molecule has 1 unspecified atom stereocenters. The standard InChI is InChI=1S/C18H27NO/c1-2-19-17(9-7-14-5-3-4-6-14)15-8-10-18-16(13-15)11-12-20-18/h8,10,13-14,17,19H,2-7,9,11-12H2,1H3. The van der Waals surface area contributed by atoms with Crippen molar-refractivity contribution < 1.29 is 4.74 Å². The van der Waals surface area contributed by atoms with Crippen LogP contribution in [0.2, 0.25) is 0 Å². The summed E-state index contributed by atoms with van der Waals surface area (Å²) >= 11 is 0. The van der Waals surface area contributed by atoms with Crippen molar-refractivity contribution in [3.8, 4) is 5.75 Å². The molecule has 1 heterocycles. The van der Waals surface area contributed by atoms with Gasteiger partial charge in [0.15, 0.2) is 0 Å². The maximum Gasteiger partial charge on any atom is 0.122 e. The van der Waals surface area contributed by atoms with Gasteiger partial charge in [-0.15, -0.1) is 0 Å². The molecule has 0 saturated heterocycles. The normalized spacial score (nSPS) is 19.9. The Labute approximate surface area is 122 Å². The molecule has 2 heteroatoms. The van der Waals surface area contributed by atoms with Gasteiger partial charge in [0.05, 0.1) is 6.61 Å². The summed E-state index contributed by atoms with van der Waals surface area (Å²) in [5.74, 6) is 2.08. The van der Waals surface area contributed by atoms with E-state index in [1.165, 1.54) is 49.7 Å². The van der Waals surface area contributed by atoms with Crippen LogP contribution in [0, 0.1) is 5.92 Å². The molecule has 1 fully saturated rings. The molecule has 1 saturated carbocycles. The van der Waals surface area contributed by atoms with Crippen molar-refractivity contribution >= 4 is 0 Å². The Morgan fingerprint density at radius 2 is 2.15 bits per heavy atom. The molecule has 0 amide bonds. The lowest BCUT2D eigenvalue weighted by molar-refractivity contribution is 0.356. The first-order chi connectivity index (χ1) is 9.86. The lowest BCUT2D eigenvalue weighted by Gasteiger charge is -2.21. The minimum Gasteiger partial charge on any atom is -0.493 e. The summed E-state index contributed by atoms with van der Waals surface area (Å²) in [6, 6.07) is 7.31. The zero-order valence-corrected chi connectivity index (χ0v) is 12.7. The van der Waals surface area contributed by atoms with Crippen LogP contribution in [0.25, 0.3) is 0 Å². The average Bonchev–Trinajstić information content (AvgIpc) is 3.13. The fourth-order valence-corrected chi connectivity index (χ4v) is 3.76. The zero-order valence-electron chi connectivity index (χ0n) is 12.7. The Morgan fingerprint density at radius 3 is 2.95 bits per heavy atom. The van der Waals surface area contributed by atoms with E-state index in [1.54, 1.807) is 0 Å². The van der Waals surface area contributed by atoms with E-state index in [2.05, 4.69) is 30.4 Å². The third kappa shape index (κ3) is 3.17. The van der Waals surface area contributed by atoms with Crippen molar-refractivity contribution in [2.75, 3.05) is 13.2 Å². The number of nitrogens with one attached hydrogen (secondary N) is 1. The fourth-order valence-electron chi connectivity index (χ4n) is 3.76. The minimum absolute atomic E-state index is 0.520. The average molecular weight is 273 g/mol. The Kier molecular flexibility index (Phi) is 4.62. The number of hydrogen-bond acceptors (Lipinski definition) is 2. The largest absolute Gasteiger partial charge is 0.493 e. The first-order valence-electron chi connectivity index (χ1n) is 8.36. The Hall–Kier alpha value is -1.02. The maximum atomic E-state index is 5.61. The summed E-state index contributed by atoms with van der Waals surface area (Å²) in [5, 5.41) is 3.67. The molecule has 1 aromatic rings. The van der Waals surface area contributed by atoms with E-state index >= 15 is 0 Å². The first kappa shape index (κ1) is 13.9. The summed E-state index contributed by atoms with van der Waals surface area (Å²) in [4.78, 5) is 0. The molecule has 1 atom stereocenters. The minimum atomic E-state index is 0.520. The highest BCUT2D eigenvalue weighted by Gasteiger charge is 2.20. The summed E-state index contributed by atoms with van der Waals surface area (Å²) in [6.07, 6.45) is 9.54. The second-order valence-corrected chi connectivity index (χ2v) is 6.30. The van der Waals surface area contributed by atoms with Crippen LogP contribution in [0.1, 0.15) is 62.6 Å². The first-order valence-corrected chi connectivity index (χ1v) is 8.36. The molecular formula is C18H27NO. The lowest BCUT2D eigenvalue weighted by atomic mass is 9.93. The van der Waals surface area contributed by atoms with Gasteiger partial charge in [-0.1, -0.05) is 44.7 Å². The van der Waals surface area contributed by atoms with Crippen LogP contribution in [0.5, 0.6) is 5.75 Å². The molecule has 1 N–H and O–H groups in total. The van der Waals surface area contributed by atoms with E-state index in [0.717, 1.165) is 31.2 Å². The second kappa shape index (κ2) is 6.62. The van der Waals surface area contributed by atoms with Gasteiger partial charge in [-0.25, -0.2) is 0 Å². The molecule has 1 aliphatic heterocycles. The van der Waals surface area contributed by atoms with Gasteiger partial charge in [0.25, 0.3) is 0 Å². The lowest BCUT2D eigenvalue weighted by Crippen LogP contribution is -2.21. The van der Waals surface area contributed by atoms with Gasteiger partial charge < -0.3 is 10.1 Å². The van der Waals surface area contributed by atoms with Gasteiger partial charge in [0.1, 0.15) is 5.75 Å². The molecule has 1 aromatic carbocycles. The van der Waals surface area contributed by atoms with E-state index in [9.17, 15) is 0 Å². The van der Waals surface area contributed by atoms with Crippen molar-refractivity contribution in [3.63, 3.8) is 0 Å². The molecule has 0 bridgehead atoms. The topological polar surface area (TPSA) is 21.3 Å². The molecule has 2 aliphatic rings. The van der Waals surface area contributed by atoms with Crippen LogP contribution in [0.15, 0.2) is 18.2 Å². The summed E-state index contributed by atoms with van der Waals surface area (Å²) in [5.41, 5.74) is 2.85. The third-order valence-corrected chi connectivity index (χ3v) is 4.90. The summed E-state index contributed by atoms with van der Waals surface area (Å²) in [6.45, 7) is 4.11. The van der Waals surface area contributed by atoms with Gasteiger partial charge in [-0.3, -0.25) is 0 Å². The molecule has 2 nitrogen and oxygen atoms in total. The molecule has 0 spiro atoms. The molecule has 20 heavy (non-hydrogen) atoms. The molecule has 3 rings (SSSR count). The predicted octanol–water partition coefficient (Wildman–Crippen LogP) is 4.24. The van der Waals surface area contributed by atoms with Crippen LogP contribution in [-0.2, 0) is 6.42 Å². The fraction of sp³-hybridized carbons (Fsp3) is 0.667. The van der Waals surface area contributed by atoms with Crippen LogP contribution in [0.4, 0.5) is 0 Å². The molecular weight excluding hydrogens is 246 g/mol. The Bertz CT molecular complexity index is 437. The predicted molar refractivity (Wildman–Crippen MR) is 83.3 cm³/mol. The van der Waals surface area contributed by atoms with Crippen molar-refractivity contribution in [2.24, 2.45) is 5.92 Å². The third-order valence-electron chi connectivity index (χ3n) is 4.90. The van der Waals surface area contributed by atoms with Gasteiger partial charge in [0, 0.05) is 12.5 Å². The van der Waals surface area contributed by atoms with Gasteiger partial charge in [-0.2, -0.15) is 0 Å². The molecule has 0 radical (unpaired) electrons. The smallest absolute Gasteiger partial charge is 0.122 e. The Balaban J connectivity index is 1.65. The number of hydrogen-bond donors (Lipinski definition) is 1. The van der Waals surface area contributed by atoms with E-state index in [0.29, 0.717) is 6.04 Å². The van der Waals surface area contributed by atoms with Crippen molar-refractivity contribution in [3.05, 3.63) is 29.3 Å². The SMILES string of the molecule is CCNC(CCC1CCCC1)c1ccc2c(c1)CCO2. The highest BCUT2D eigenvalue weighted by Crippen LogP contribution is 2.33. The summed E-state index contributed by atoms with van der Waals surface area (Å²) in [7, 11) is 0. The van der Waals surface area contributed by atoms with Crippen LogP contribution >= 0.6 is 0 Å². The van der Waals surface area contributed by atoms with Gasteiger partial charge >= 0.3 is 0 Å². The number of ether oxygens (including phenoxy) is 1. The van der Waals surface area contributed by atoms with Crippen LogP contribution in [0.3, 0.4) is 0 Å². The van der Waals surface area contributed by atoms with Gasteiger partial charge in [0.2, 0.25) is 0 Å². The van der Waals surface area contributed by atoms with E-state index < -0.39 is 0 Å². The molecule has 110 valence electrons. The quantitative estimate of drug-likeness (QED) is 0.837. The number of benzene rings is 1. The van der Waals surface area contributed by atoms with E-state index in [4.69, 9.17) is 4.74 Å². The van der Waals surface area contributed by atoms with E-state index in [1.807, 2.05) is 0 Å². The van der Waals surface area contributed by atoms with Gasteiger partial charge in [-0.05, 0) is 42.5 Å². The van der Waals surface area contributed by atoms with Crippen molar-refractivity contribution in [1.29, 1.82) is 0 Å². The highest BCUT2D eigenvalue weighted by atomic mass is 16.5. The highest BCUT2D eigenvalue weighted by molar-refractivity contribution is 5.40. The molecule has 1 aliphatic carbocycles. The zero-order chi connectivity index (χ0) is 13.8. The van der Waals surface area contributed by atoms with Crippen molar-refractivity contribution in [1.82, 2.24) is 5.32 Å². The molecule has 0 aromatic heterocycles. The summed E-state index contributed by atoms with van der Waals surface area (Å²) < 4.78 is 5.61. The second-order valence-electron chi connectivity index (χ2n) is 6.30. The van der Waals surface area contributed by atoms with Crippen LogP contribution < -0.4 is 10.1 Å². The van der Waals surface area contributed by atoms with Crippen LogP contribution in [-0.4, -0.2) is 13.2 Å². The monoisotopic (exact) mass is 273 g/mol. The van der Waals surface area contributed by atoms with Crippen molar-refractivity contribution in [2.45, 2.75) is 57.9 Å². The number of fused-ring (bicyclic) bond motifs is 1. The van der Waals surface area contributed by atoms with E-state index in [-0.39, 0.29) is 0 Å².